The molecule has 174 valence electrons. The summed E-state index contributed by atoms with van der Waals surface area (Å²) in [6.45, 7) is 2.28. The van der Waals surface area contributed by atoms with Crippen molar-refractivity contribution in [3.8, 4) is 0 Å². The molecule has 0 spiro atoms. The second-order valence-corrected chi connectivity index (χ2v) is 11.2. The Balaban J connectivity index is 1.57. The normalized spacial score (nSPS) is 11.3. The second-order valence-electron chi connectivity index (χ2n) is 7.16. The van der Waals surface area contributed by atoms with Crippen LogP contribution >= 0.6 is 46.6 Å². The summed E-state index contributed by atoms with van der Waals surface area (Å²) in [4.78, 5) is 12.7. The number of hydrogen-bond donors (Lipinski definition) is 2. The van der Waals surface area contributed by atoms with Crippen molar-refractivity contribution >= 4 is 68.2 Å². The van der Waals surface area contributed by atoms with Crippen LogP contribution in [0.3, 0.4) is 0 Å². The smallest absolute Gasteiger partial charge is 0.261 e. The lowest BCUT2D eigenvalue weighted by atomic mass is 10.2. The molecular formula is C23H21Cl3N2O3S2. The average Bonchev–Trinajstić information content (AvgIpc) is 2.76. The van der Waals surface area contributed by atoms with Gasteiger partial charge in [-0.1, -0.05) is 58.6 Å². The highest BCUT2D eigenvalue weighted by molar-refractivity contribution is 7.98. The van der Waals surface area contributed by atoms with Crippen molar-refractivity contribution in [3.63, 3.8) is 0 Å². The Kier molecular flexibility index (Phi) is 8.95. The third kappa shape index (κ3) is 7.29. The average molecular weight is 544 g/mol. The van der Waals surface area contributed by atoms with E-state index >= 15 is 0 Å². The summed E-state index contributed by atoms with van der Waals surface area (Å²) in [7, 11) is -3.79. The number of halogens is 3. The minimum absolute atomic E-state index is 0.131. The lowest BCUT2D eigenvalue weighted by Gasteiger charge is -2.12. The van der Waals surface area contributed by atoms with Gasteiger partial charge in [0, 0.05) is 33.8 Å². The maximum absolute atomic E-state index is 12.6. The van der Waals surface area contributed by atoms with Gasteiger partial charge in [-0.25, -0.2) is 8.42 Å². The van der Waals surface area contributed by atoms with Gasteiger partial charge in [0.25, 0.3) is 15.9 Å². The summed E-state index contributed by atoms with van der Waals surface area (Å²) in [6.07, 6.45) is 0. The highest BCUT2D eigenvalue weighted by atomic mass is 35.5. The van der Waals surface area contributed by atoms with Gasteiger partial charge >= 0.3 is 0 Å². The number of aryl methyl sites for hydroxylation is 1. The van der Waals surface area contributed by atoms with Crippen LogP contribution in [0.2, 0.25) is 15.1 Å². The van der Waals surface area contributed by atoms with E-state index in [-0.39, 0.29) is 27.1 Å². The molecule has 0 aliphatic rings. The molecule has 2 N–H and O–H groups in total. The number of amides is 1. The van der Waals surface area contributed by atoms with Crippen LogP contribution in [-0.4, -0.2) is 26.6 Å². The van der Waals surface area contributed by atoms with Crippen molar-refractivity contribution in [1.29, 1.82) is 0 Å². The van der Waals surface area contributed by atoms with Gasteiger partial charge in [0.1, 0.15) is 0 Å². The van der Waals surface area contributed by atoms with Crippen molar-refractivity contribution in [2.75, 3.05) is 17.0 Å². The number of carbonyl (C=O) groups excluding carboxylic acids is 1. The van der Waals surface area contributed by atoms with E-state index in [1.807, 2.05) is 13.0 Å². The van der Waals surface area contributed by atoms with Gasteiger partial charge in [-0.05, 0) is 55.0 Å². The Bertz CT molecular complexity index is 1250. The molecule has 10 heteroatoms. The lowest BCUT2D eigenvalue weighted by Crippen LogP contribution is -2.26. The minimum atomic E-state index is -3.79. The molecule has 0 aliphatic heterocycles. The van der Waals surface area contributed by atoms with Gasteiger partial charge in [0.15, 0.2) is 0 Å². The standard InChI is InChI=1S/C23H21Cl3N2O3S2/c1-15-2-7-19(8-3-15)33(30,31)28-18-6-9-21(25)20(13-18)23(29)27-10-11-32-14-16-4-5-17(24)12-22(16)26/h2-9,12-13,28H,10-11,14H2,1H3,(H,27,29). The fourth-order valence-corrected chi connectivity index (χ4v) is 5.52. The van der Waals surface area contributed by atoms with E-state index in [2.05, 4.69) is 10.0 Å². The van der Waals surface area contributed by atoms with Crippen molar-refractivity contribution in [2.24, 2.45) is 0 Å². The van der Waals surface area contributed by atoms with E-state index in [1.54, 1.807) is 36.0 Å². The number of carbonyl (C=O) groups is 1. The predicted molar refractivity (Wildman–Crippen MR) is 138 cm³/mol. The fraction of sp³-hybridized carbons (Fsp3) is 0.174. The zero-order valence-corrected chi connectivity index (χ0v) is 21.5. The quantitative estimate of drug-likeness (QED) is 0.305. The topological polar surface area (TPSA) is 75.3 Å². The van der Waals surface area contributed by atoms with Crippen LogP contribution in [0.15, 0.2) is 65.6 Å². The molecular weight excluding hydrogens is 523 g/mol. The highest BCUT2D eigenvalue weighted by Crippen LogP contribution is 2.25. The van der Waals surface area contributed by atoms with E-state index < -0.39 is 10.0 Å². The van der Waals surface area contributed by atoms with Crippen LogP contribution in [0, 0.1) is 6.92 Å². The fourth-order valence-electron chi connectivity index (χ4n) is 2.85. The SMILES string of the molecule is Cc1ccc(S(=O)(=O)Nc2ccc(Cl)c(C(=O)NCCSCc3ccc(Cl)cc3Cl)c2)cc1. The molecule has 0 atom stereocenters. The van der Waals surface area contributed by atoms with Gasteiger partial charge in [-0.2, -0.15) is 11.8 Å². The Morgan fingerprint density at radius 1 is 0.939 bits per heavy atom. The maximum Gasteiger partial charge on any atom is 0.261 e. The first-order chi connectivity index (χ1) is 15.7. The molecule has 0 saturated carbocycles. The highest BCUT2D eigenvalue weighted by Gasteiger charge is 2.17. The van der Waals surface area contributed by atoms with Gasteiger partial charge in [-0.3, -0.25) is 9.52 Å². The third-order valence-electron chi connectivity index (χ3n) is 4.60. The molecule has 0 fully saturated rings. The van der Waals surface area contributed by atoms with Crippen LogP contribution in [-0.2, 0) is 15.8 Å². The Morgan fingerprint density at radius 3 is 2.36 bits per heavy atom. The lowest BCUT2D eigenvalue weighted by molar-refractivity contribution is 0.0956. The van der Waals surface area contributed by atoms with Crippen molar-refractivity contribution in [3.05, 3.63) is 92.4 Å². The molecule has 0 radical (unpaired) electrons. The summed E-state index contributed by atoms with van der Waals surface area (Å²) < 4.78 is 27.7. The maximum atomic E-state index is 12.6. The minimum Gasteiger partial charge on any atom is -0.351 e. The van der Waals surface area contributed by atoms with E-state index in [1.165, 1.54) is 30.3 Å². The van der Waals surface area contributed by atoms with Crippen LogP contribution in [0.5, 0.6) is 0 Å². The Hall–Kier alpha value is -1.90. The first kappa shape index (κ1) is 25.7. The zero-order chi connectivity index (χ0) is 24.0. The molecule has 0 unspecified atom stereocenters. The van der Waals surface area contributed by atoms with Gasteiger partial charge in [-0.15, -0.1) is 0 Å². The number of anilines is 1. The van der Waals surface area contributed by atoms with Crippen molar-refractivity contribution in [2.45, 2.75) is 17.6 Å². The first-order valence-electron chi connectivity index (χ1n) is 9.84. The van der Waals surface area contributed by atoms with Crippen LogP contribution < -0.4 is 10.0 Å². The molecule has 0 aromatic heterocycles. The Labute approximate surface area is 212 Å². The number of benzene rings is 3. The van der Waals surface area contributed by atoms with Gasteiger partial charge in [0.05, 0.1) is 15.5 Å². The summed E-state index contributed by atoms with van der Waals surface area (Å²) in [5.41, 5.74) is 2.35. The summed E-state index contributed by atoms with van der Waals surface area (Å²) in [6, 6.07) is 16.3. The monoisotopic (exact) mass is 542 g/mol. The second kappa shape index (κ2) is 11.5. The molecule has 0 saturated heterocycles. The van der Waals surface area contributed by atoms with Gasteiger partial charge in [0.2, 0.25) is 0 Å². The number of sulfonamides is 1. The number of thioether (sulfide) groups is 1. The zero-order valence-electron chi connectivity index (χ0n) is 17.6. The van der Waals surface area contributed by atoms with Crippen molar-refractivity contribution < 1.29 is 13.2 Å². The summed E-state index contributed by atoms with van der Waals surface area (Å²) >= 11 is 19.9. The van der Waals surface area contributed by atoms with Crippen molar-refractivity contribution in [1.82, 2.24) is 5.32 Å². The molecule has 33 heavy (non-hydrogen) atoms. The molecule has 0 aliphatic carbocycles. The van der Waals surface area contributed by atoms with Crippen LogP contribution in [0.25, 0.3) is 0 Å². The number of nitrogens with one attached hydrogen (secondary N) is 2. The van der Waals surface area contributed by atoms with Crippen LogP contribution in [0.1, 0.15) is 21.5 Å². The van der Waals surface area contributed by atoms with Crippen LogP contribution in [0.4, 0.5) is 5.69 Å². The van der Waals surface area contributed by atoms with E-state index in [4.69, 9.17) is 34.8 Å². The molecule has 0 bridgehead atoms. The molecule has 5 nitrogen and oxygen atoms in total. The number of rotatable bonds is 9. The summed E-state index contributed by atoms with van der Waals surface area (Å²) in [5, 5.41) is 4.22. The van der Waals surface area contributed by atoms with Gasteiger partial charge < -0.3 is 5.32 Å². The predicted octanol–water partition coefficient (Wildman–Crippen LogP) is 6.42. The largest absolute Gasteiger partial charge is 0.351 e. The van der Waals surface area contributed by atoms with E-state index in [9.17, 15) is 13.2 Å². The Morgan fingerprint density at radius 2 is 1.67 bits per heavy atom. The molecule has 3 rings (SSSR count). The number of hydrogen-bond acceptors (Lipinski definition) is 4. The first-order valence-corrected chi connectivity index (χ1v) is 13.6. The summed E-state index contributed by atoms with van der Waals surface area (Å²) in [5.74, 6) is 0.951. The molecule has 3 aromatic carbocycles. The third-order valence-corrected chi connectivity index (χ3v) is 7.92. The molecule has 1 amide bonds. The molecule has 3 aromatic rings. The van der Waals surface area contributed by atoms with E-state index in [0.29, 0.717) is 28.1 Å². The molecule has 0 heterocycles. The van der Waals surface area contributed by atoms with E-state index in [0.717, 1.165) is 11.1 Å².